The lowest BCUT2D eigenvalue weighted by atomic mass is 10.1. The van der Waals surface area contributed by atoms with Gasteiger partial charge < -0.3 is 15.2 Å². The third kappa shape index (κ3) is 2.67. The van der Waals surface area contributed by atoms with Gasteiger partial charge in [0.15, 0.2) is 0 Å². The van der Waals surface area contributed by atoms with E-state index in [1.165, 1.54) is 0 Å². The van der Waals surface area contributed by atoms with Crippen molar-refractivity contribution < 1.29 is 14.6 Å². The Morgan fingerprint density at radius 2 is 1.92 bits per heavy atom. The third-order valence-corrected chi connectivity index (χ3v) is 4.20. The van der Waals surface area contributed by atoms with Crippen molar-refractivity contribution in [1.82, 2.24) is 9.97 Å². The quantitative estimate of drug-likeness (QED) is 0.538. The Morgan fingerprint density at radius 1 is 1.08 bits per heavy atom. The first kappa shape index (κ1) is 15.8. The molecule has 0 amide bonds. The van der Waals surface area contributed by atoms with Gasteiger partial charge in [-0.1, -0.05) is 18.2 Å². The monoisotopic (exact) mass is 345 g/mol. The van der Waals surface area contributed by atoms with Crippen LogP contribution in [0.2, 0.25) is 0 Å². The molecule has 0 unspecified atom stereocenters. The molecular weight excluding hydrogens is 330 g/mol. The number of anilines is 2. The molecule has 2 N–H and O–H groups in total. The molecule has 0 fully saturated rings. The minimum Gasteiger partial charge on any atom is -0.495 e. The summed E-state index contributed by atoms with van der Waals surface area (Å²) in [4.78, 5) is 20.2. The summed E-state index contributed by atoms with van der Waals surface area (Å²) in [6.45, 7) is 0. The summed E-state index contributed by atoms with van der Waals surface area (Å²) in [6.07, 6.45) is 3.46. The van der Waals surface area contributed by atoms with Crippen molar-refractivity contribution in [2.75, 3.05) is 12.4 Å². The Labute approximate surface area is 149 Å². The summed E-state index contributed by atoms with van der Waals surface area (Å²) >= 11 is 0. The van der Waals surface area contributed by atoms with Crippen LogP contribution in [0, 0.1) is 0 Å². The Morgan fingerprint density at radius 3 is 2.73 bits per heavy atom. The second-order valence-electron chi connectivity index (χ2n) is 5.74. The van der Waals surface area contributed by atoms with Gasteiger partial charge in [0.25, 0.3) is 0 Å². The number of aromatic nitrogens is 2. The molecule has 4 aromatic rings. The largest absolute Gasteiger partial charge is 0.495 e. The van der Waals surface area contributed by atoms with E-state index in [1.807, 2.05) is 30.3 Å². The van der Waals surface area contributed by atoms with Crippen LogP contribution < -0.4 is 10.1 Å². The van der Waals surface area contributed by atoms with E-state index in [4.69, 9.17) is 4.74 Å². The standard InChI is InChI=1S/C20H15N3O3/c1-26-18-5-3-2-4-16(18)22-19-14-8-9-21-11-15(14)13-7-6-12(20(24)25)10-17(13)23-19/h2-11H,1H3,(H,22,23)(H,24,25). The predicted octanol–water partition coefficient (Wildman–Crippen LogP) is 4.23. The molecule has 0 spiro atoms. The van der Waals surface area contributed by atoms with Crippen LogP contribution in [0.5, 0.6) is 5.75 Å². The molecule has 4 rings (SSSR count). The fourth-order valence-corrected chi connectivity index (χ4v) is 2.95. The van der Waals surface area contributed by atoms with E-state index in [9.17, 15) is 9.90 Å². The number of ether oxygens (including phenoxy) is 1. The van der Waals surface area contributed by atoms with E-state index in [0.717, 1.165) is 21.8 Å². The van der Waals surface area contributed by atoms with Gasteiger partial charge in [-0.2, -0.15) is 0 Å². The van der Waals surface area contributed by atoms with E-state index in [0.29, 0.717) is 17.1 Å². The molecule has 26 heavy (non-hydrogen) atoms. The molecule has 2 aromatic carbocycles. The summed E-state index contributed by atoms with van der Waals surface area (Å²) in [5, 5.41) is 15.2. The van der Waals surface area contributed by atoms with Gasteiger partial charge in [-0.3, -0.25) is 4.98 Å². The molecule has 0 aliphatic rings. The van der Waals surface area contributed by atoms with Crippen molar-refractivity contribution in [1.29, 1.82) is 0 Å². The van der Waals surface area contributed by atoms with Gasteiger partial charge in [0, 0.05) is 28.6 Å². The number of aromatic carboxylic acids is 1. The SMILES string of the molecule is COc1ccccc1Nc1nc2cc(C(=O)O)ccc2c2cnccc12. The lowest BCUT2D eigenvalue weighted by Gasteiger charge is -2.14. The average molecular weight is 345 g/mol. The number of carbonyl (C=O) groups is 1. The van der Waals surface area contributed by atoms with Crippen molar-refractivity contribution in [3.63, 3.8) is 0 Å². The van der Waals surface area contributed by atoms with Crippen molar-refractivity contribution >= 4 is 39.1 Å². The van der Waals surface area contributed by atoms with Gasteiger partial charge in [-0.05, 0) is 30.3 Å². The molecule has 0 radical (unpaired) electrons. The number of carboxylic acid groups (broad SMARTS) is 1. The molecule has 2 aromatic heterocycles. The number of nitrogens with one attached hydrogen (secondary N) is 1. The van der Waals surface area contributed by atoms with Gasteiger partial charge in [0.2, 0.25) is 0 Å². The van der Waals surface area contributed by atoms with Crippen LogP contribution >= 0.6 is 0 Å². The van der Waals surface area contributed by atoms with Crippen LogP contribution in [-0.4, -0.2) is 28.2 Å². The molecule has 0 bridgehead atoms. The van der Waals surface area contributed by atoms with Crippen LogP contribution in [0.4, 0.5) is 11.5 Å². The van der Waals surface area contributed by atoms with Crippen molar-refractivity contribution in [3.8, 4) is 5.75 Å². The first-order chi connectivity index (χ1) is 12.7. The van der Waals surface area contributed by atoms with E-state index < -0.39 is 5.97 Å². The topological polar surface area (TPSA) is 84.3 Å². The number of methoxy groups -OCH3 is 1. The number of pyridine rings is 2. The Hall–Kier alpha value is -3.67. The molecule has 0 saturated heterocycles. The number of carboxylic acids is 1. The maximum Gasteiger partial charge on any atom is 0.335 e. The number of benzene rings is 2. The number of hydrogen-bond acceptors (Lipinski definition) is 5. The van der Waals surface area contributed by atoms with Crippen LogP contribution in [0.25, 0.3) is 21.7 Å². The van der Waals surface area contributed by atoms with E-state index in [2.05, 4.69) is 15.3 Å². The normalized spacial score (nSPS) is 10.8. The maximum atomic E-state index is 11.3. The minimum atomic E-state index is -0.987. The smallest absolute Gasteiger partial charge is 0.335 e. The zero-order valence-corrected chi connectivity index (χ0v) is 13.9. The molecule has 6 heteroatoms. The second kappa shape index (κ2) is 6.33. The summed E-state index contributed by atoms with van der Waals surface area (Å²) in [5.74, 6) is 0.317. The van der Waals surface area contributed by atoms with Gasteiger partial charge in [0.05, 0.1) is 23.9 Å². The zero-order chi connectivity index (χ0) is 18.1. The molecule has 2 heterocycles. The summed E-state index contributed by atoms with van der Waals surface area (Å²) in [6, 6.07) is 14.3. The highest BCUT2D eigenvalue weighted by atomic mass is 16.5. The minimum absolute atomic E-state index is 0.191. The van der Waals surface area contributed by atoms with Gasteiger partial charge in [0.1, 0.15) is 11.6 Å². The molecule has 0 saturated carbocycles. The van der Waals surface area contributed by atoms with Gasteiger partial charge in [-0.15, -0.1) is 0 Å². The van der Waals surface area contributed by atoms with E-state index >= 15 is 0 Å². The van der Waals surface area contributed by atoms with Crippen LogP contribution in [0.3, 0.4) is 0 Å². The number of fused-ring (bicyclic) bond motifs is 3. The van der Waals surface area contributed by atoms with Crippen molar-refractivity contribution in [3.05, 3.63) is 66.5 Å². The fraction of sp³-hybridized carbons (Fsp3) is 0.0500. The van der Waals surface area contributed by atoms with Crippen LogP contribution in [-0.2, 0) is 0 Å². The molecule has 0 aliphatic heterocycles. The van der Waals surface area contributed by atoms with E-state index in [1.54, 1.807) is 37.7 Å². The zero-order valence-electron chi connectivity index (χ0n) is 13.9. The highest BCUT2D eigenvalue weighted by Gasteiger charge is 2.12. The number of nitrogens with zero attached hydrogens (tertiary/aromatic N) is 2. The Bertz CT molecular complexity index is 1140. The molecule has 0 aliphatic carbocycles. The average Bonchev–Trinajstić information content (AvgIpc) is 2.68. The van der Waals surface area contributed by atoms with Gasteiger partial charge in [-0.25, -0.2) is 9.78 Å². The van der Waals surface area contributed by atoms with Crippen LogP contribution in [0.1, 0.15) is 10.4 Å². The first-order valence-electron chi connectivity index (χ1n) is 7.98. The van der Waals surface area contributed by atoms with Crippen molar-refractivity contribution in [2.45, 2.75) is 0 Å². The number of rotatable bonds is 4. The lowest BCUT2D eigenvalue weighted by molar-refractivity contribution is 0.0697. The lowest BCUT2D eigenvalue weighted by Crippen LogP contribution is -2.00. The summed E-state index contributed by atoms with van der Waals surface area (Å²) < 4.78 is 5.39. The molecule has 0 atom stereocenters. The maximum absolute atomic E-state index is 11.3. The van der Waals surface area contributed by atoms with Crippen LogP contribution in [0.15, 0.2) is 60.9 Å². The number of para-hydroxylation sites is 2. The molecule has 6 nitrogen and oxygen atoms in total. The highest BCUT2D eigenvalue weighted by molar-refractivity contribution is 6.11. The summed E-state index contributed by atoms with van der Waals surface area (Å²) in [7, 11) is 1.61. The Kier molecular flexibility index (Phi) is 3.85. The molecular formula is C20H15N3O3. The van der Waals surface area contributed by atoms with E-state index in [-0.39, 0.29) is 5.56 Å². The highest BCUT2D eigenvalue weighted by Crippen LogP contribution is 2.33. The summed E-state index contributed by atoms with van der Waals surface area (Å²) in [5.41, 5.74) is 1.55. The Balaban J connectivity index is 1.96. The first-order valence-corrected chi connectivity index (χ1v) is 7.98. The predicted molar refractivity (Wildman–Crippen MR) is 100 cm³/mol. The molecule has 128 valence electrons. The van der Waals surface area contributed by atoms with Gasteiger partial charge >= 0.3 is 5.97 Å². The van der Waals surface area contributed by atoms with Crippen molar-refractivity contribution in [2.24, 2.45) is 0 Å². The number of hydrogen-bond donors (Lipinski definition) is 2. The third-order valence-electron chi connectivity index (χ3n) is 4.20. The second-order valence-corrected chi connectivity index (χ2v) is 5.74. The fourth-order valence-electron chi connectivity index (χ4n) is 2.95.